The van der Waals surface area contributed by atoms with E-state index < -0.39 is 12.7 Å². The van der Waals surface area contributed by atoms with E-state index in [1.165, 1.54) is 17.1 Å². The molecule has 1 heterocycles. The molecule has 0 bridgehead atoms. The van der Waals surface area contributed by atoms with Crippen LogP contribution in [0.15, 0.2) is 22.5 Å². The Hall–Kier alpha value is -2.06. The molecule has 0 radical (unpaired) electrons. The first-order chi connectivity index (χ1) is 7.90. The lowest BCUT2D eigenvalue weighted by molar-refractivity contribution is -0.118. The summed E-state index contributed by atoms with van der Waals surface area (Å²) in [6, 6.07) is 0. The molecule has 94 valence electrons. The number of aromatic nitrogens is 2. The molecule has 0 amide bonds. The molecule has 1 rings (SSSR count). The van der Waals surface area contributed by atoms with Crippen molar-refractivity contribution in [3.05, 3.63) is 12.4 Å². The van der Waals surface area contributed by atoms with Crippen molar-refractivity contribution in [3.63, 3.8) is 0 Å². The molecule has 0 saturated carbocycles. The third-order valence-electron chi connectivity index (χ3n) is 1.65. The molecule has 1 aromatic heterocycles. The standard InChI is InChI=1S/C8H11F3N6/c9-8(10,11)5-14-2-7(16-13)4-17-3-6(12)1-15-17/h1-3H,4-5,12-13H2. The van der Waals surface area contributed by atoms with Crippen LogP contribution >= 0.6 is 0 Å². The molecule has 6 nitrogen and oxygen atoms in total. The van der Waals surface area contributed by atoms with Gasteiger partial charge in [0.25, 0.3) is 0 Å². The van der Waals surface area contributed by atoms with Crippen LogP contribution in [0.25, 0.3) is 0 Å². The molecule has 4 N–H and O–H groups in total. The lowest BCUT2D eigenvalue weighted by atomic mass is 10.4. The number of halogens is 3. The highest BCUT2D eigenvalue weighted by Gasteiger charge is 2.25. The Morgan fingerprint density at radius 2 is 2.24 bits per heavy atom. The molecule has 0 aliphatic heterocycles. The van der Waals surface area contributed by atoms with Crippen molar-refractivity contribution >= 4 is 17.6 Å². The summed E-state index contributed by atoms with van der Waals surface area (Å²) in [5.74, 6) is 5.02. The van der Waals surface area contributed by atoms with E-state index >= 15 is 0 Å². The van der Waals surface area contributed by atoms with E-state index in [0.29, 0.717) is 5.69 Å². The first kappa shape index (κ1) is 13.0. The average molecular weight is 248 g/mol. The zero-order chi connectivity index (χ0) is 12.9. The van der Waals surface area contributed by atoms with Gasteiger partial charge in [-0.05, 0) is 0 Å². The van der Waals surface area contributed by atoms with E-state index in [0.717, 1.165) is 6.21 Å². The fourth-order valence-electron chi connectivity index (χ4n) is 1.00. The van der Waals surface area contributed by atoms with Crippen LogP contribution in [-0.2, 0) is 6.54 Å². The van der Waals surface area contributed by atoms with E-state index in [1.54, 1.807) is 0 Å². The van der Waals surface area contributed by atoms with E-state index in [2.05, 4.69) is 15.2 Å². The van der Waals surface area contributed by atoms with Crippen LogP contribution in [-0.4, -0.2) is 34.4 Å². The highest BCUT2D eigenvalue weighted by molar-refractivity contribution is 6.30. The van der Waals surface area contributed by atoms with Crippen molar-refractivity contribution < 1.29 is 13.2 Å². The maximum atomic E-state index is 11.8. The second kappa shape index (κ2) is 5.32. The van der Waals surface area contributed by atoms with Gasteiger partial charge in [-0.3, -0.25) is 9.67 Å². The highest BCUT2D eigenvalue weighted by Crippen LogP contribution is 2.13. The number of hydrazone groups is 1. The minimum atomic E-state index is -4.34. The molecule has 9 heteroatoms. The summed E-state index contributed by atoms with van der Waals surface area (Å²) in [5.41, 5.74) is 6.02. The van der Waals surface area contributed by atoms with E-state index in [-0.39, 0.29) is 12.3 Å². The first-order valence-corrected chi connectivity index (χ1v) is 4.52. The van der Waals surface area contributed by atoms with Gasteiger partial charge in [-0.25, -0.2) is 0 Å². The Balaban J connectivity index is 2.56. The molecule has 0 aromatic carbocycles. The van der Waals surface area contributed by atoms with Gasteiger partial charge >= 0.3 is 6.18 Å². The summed E-state index contributed by atoms with van der Waals surface area (Å²) < 4.78 is 36.9. The SMILES string of the molecule is NN=C(C=NCC(F)(F)F)Cn1cc(N)cn1. The summed E-state index contributed by atoms with van der Waals surface area (Å²) >= 11 is 0. The van der Waals surface area contributed by atoms with Crippen molar-refractivity contribution in [1.82, 2.24) is 9.78 Å². The second-order valence-electron chi connectivity index (χ2n) is 3.18. The Morgan fingerprint density at radius 3 is 2.71 bits per heavy atom. The number of nitrogen functional groups attached to an aromatic ring is 1. The quantitative estimate of drug-likeness (QED) is 0.459. The number of rotatable bonds is 4. The zero-order valence-corrected chi connectivity index (χ0v) is 8.72. The van der Waals surface area contributed by atoms with E-state index in [1.807, 2.05) is 0 Å². The molecule has 0 aliphatic rings. The van der Waals surface area contributed by atoms with Gasteiger partial charge in [0.2, 0.25) is 0 Å². The van der Waals surface area contributed by atoms with Crippen LogP contribution in [0.3, 0.4) is 0 Å². The minimum Gasteiger partial charge on any atom is -0.396 e. The molecule has 17 heavy (non-hydrogen) atoms. The smallest absolute Gasteiger partial charge is 0.396 e. The van der Waals surface area contributed by atoms with Crippen LogP contribution in [0, 0.1) is 0 Å². The van der Waals surface area contributed by atoms with Gasteiger partial charge in [0.1, 0.15) is 6.54 Å². The Bertz CT molecular complexity index is 419. The fourth-order valence-corrected chi connectivity index (χ4v) is 1.00. The van der Waals surface area contributed by atoms with Gasteiger partial charge < -0.3 is 11.6 Å². The number of hydrogen-bond acceptors (Lipinski definition) is 5. The number of nitrogens with two attached hydrogens (primary N) is 2. The topological polar surface area (TPSA) is 94.6 Å². The zero-order valence-electron chi connectivity index (χ0n) is 8.72. The Kier molecular flexibility index (Phi) is 4.07. The summed E-state index contributed by atoms with van der Waals surface area (Å²) in [7, 11) is 0. The number of anilines is 1. The summed E-state index contributed by atoms with van der Waals surface area (Å²) in [5, 5.41) is 7.14. The number of alkyl halides is 3. The minimum absolute atomic E-state index is 0.106. The third-order valence-corrected chi connectivity index (χ3v) is 1.65. The van der Waals surface area contributed by atoms with Crippen molar-refractivity contribution in [2.45, 2.75) is 12.7 Å². The first-order valence-electron chi connectivity index (χ1n) is 4.52. The third kappa shape index (κ3) is 5.00. The monoisotopic (exact) mass is 248 g/mol. The van der Waals surface area contributed by atoms with Crippen molar-refractivity contribution in [2.75, 3.05) is 12.3 Å². The maximum Gasteiger partial charge on any atom is 0.407 e. The summed E-state index contributed by atoms with van der Waals surface area (Å²) in [6.07, 6.45) is -0.471. The van der Waals surface area contributed by atoms with Gasteiger partial charge in [0.05, 0.1) is 24.1 Å². The second-order valence-corrected chi connectivity index (χ2v) is 3.18. The summed E-state index contributed by atoms with van der Waals surface area (Å²) in [6.45, 7) is -1.16. The van der Waals surface area contributed by atoms with Crippen LogP contribution in [0.5, 0.6) is 0 Å². The van der Waals surface area contributed by atoms with Gasteiger partial charge in [-0.1, -0.05) is 0 Å². The van der Waals surface area contributed by atoms with Gasteiger partial charge in [-0.15, -0.1) is 0 Å². The fraction of sp³-hybridized carbons (Fsp3) is 0.375. The average Bonchev–Trinajstić information content (AvgIpc) is 2.60. The Labute approximate surface area is 94.8 Å². The summed E-state index contributed by atoms with van der Waals surface area (Å²) in [4.78, 5) is 3.18. The van der Waals surface area contributed by atoms with Crippen LogP contribution in [0.2, 0.25) is 0 Å². The van der Waals surface area contributed by atoms with Crippen LogP contribution in [0.1, 0.15) is 0 Å². The van der Waals surface area contributed by atoms with Crippen LogP contribution < -0.4 is 11.6 Å². The largest absolute Gasteiger partial charge is 0.407 e. The molecular formula is C8H11F3N6. The van der Waals surface area contributed by atoms with Gasteiger partial charge in [-0.2, -0.15) is 23.4 Å². The molecule has 0 aliphatic carbocycles. The highest BCUT2D eigenvalue weighted by atomic mass is 19.4. The van der Waals surface area contributed by atoms with Crippen molar-refractivity contribution in [2.24, 2.45) is 15.9 Å². The van der Waals surface area contributed by atoms with E-state index in [4.69, 9.17) is 11.6 Å². The van der Waals surface area contributed by atoms with Crippen LogP contribution in [0.4, 0.5) is 18.9 Å². The molecule has 0 saturated heterocycles. The Morgan fingerprint density at radius 1 is 1.53 bits per heavy atom. The number of hydrogen-bond donors (Lipinski definition) is 2. The molecule has 0 spiro atoms. The number of nitrogens with zero attached hydrogens (tertiary/aromatic N) is 4. The lowest BCUT2D eigenvalue weighted by Gasteiger charge is -2.02. The maximum absolute atomic E-state index is 11.8. The normalized spacial score (nSPS) is 13.5. The lowest BCUT2D eigenvalue weighted by Crippen LogP contribution is -2.17. The number of aliphatic imine (C=N–C) groups is 1. The molecular weight excluding hydrogens is 237 g/mol. The van der Waals surface area contributed by atoms with Crippen molar-refractivity contribution in [1.29, 1.82) is 0 Å². The predicted octanol–water partition coefficient (Wildman–Crippen LogP) is 0.413. The molecule has 0 unspecified atom stereocenters. The molecule has 0 fully saturated rings. The predicted molar refractivity (Wildman–Crippen MR) is 57.7 cm³/mol. The van der Waals surface area contributed by atoms with Gasteiger partial charge in [0.15, 0.2) is 0 Å². The van der Waals surface area contributed by atoms with Crippen molar-refractivity contribution in [3.8, 4) is 0 Å². The van der Waals surface area contributed by atoms with Gasteiger partial charge in [0, 0.05) is 12.4 Å². The molecule has 1 aromatic rings. The molecule has 0 atom stereocenters. The van der Waals surface area contributed by atoms with E-state index in [9.17, 15) is 13.2 Å².